The van der Waals surface area contributed by atoms with Gasteiger partial charge in [-0.3, -0.25) is 4.99 Å². The van der Waals surface area contributed by atoms with Crippen LogP contribution in [0.1, 0.15) is 44.7 Å². The molecule has 0 spiro atoms. The van der Waals surface area contributed by atoms with E-state index in [0.717, 1.165) is 6.42 Å². The lowest BCUT2D eigenvalue weighted by Crippen LogP contribution is -2.14. The number of nitrogens with zero attached hydrogens (tertiary/aromatic N) is 1. The molecule has 0 amide bonds. The van der Waals surface area contributed by atoms with Gasteiger partial charge in [0.1, 0.15) is 6.04 Å². The second-order valence-corrected chi connectivity index (χ2v) is 5.39. The second-order valence-electron chi connectivity index (χ2n) is 5.39. The van der Waals surface area contributed by atoms with E-state index in [1.807, 2.05) is 0 Å². The van der Waals surface area contributed by atoms with Gasteiger partial charge in [0, 0.05) is 6.21 Å². The maximum absolute atomic E-state index is 10.7. The zero-order chi connectivity index (χ0) is 14.4. The molecule has 1 rings (SSSR count). The molecule has 1 N–H and O–H groups in total. The van der Waals surface area contributed by atoms with Gasteiger partial charge in [-0.05, 0) is 36.3 Å². The van der Waals surface area contributed by atoms with Gasteiger partial charge in [-0.15, -0.1) is 0 Å². The van der Waals surface area contributed by atoms with E-state index >= 15 is 0 Å². The molecule has 0 aliphatic carbocycles. The summed E-state index contributed by atoms with van der Waals surface area (Å²) in [4.78, 5) is 14.7. The highest BCUT2D eigenvalue weighted by Gasteiger charge is 2.08. The number of aliphatic imine (C=N–C) groups is 1. The minimum absolute atomic E-state index is 0.242. The number of carboxylic acids is 1. The fourth-order valence-corrected chi connectivity index (χ4v) is 1.80. The van der Waals surface area contributed by atoms with Crippen molar-refractivity contribution in [3.05, 3.63) is 35.4 Å². The SMILES string of the molecule is CC(C=NC(C)C(=O)O)Cc1ccc(C(C)C)cc1. The third-order valence-electron chi connectivity index (χ3n) is 3.13. The van der Waals surface area contributed by atoms with Crippen LogP contribution in [0.3, 0.4) is 0 Å². The summed E-state index contributed by atoms with van der Waals surface area (Å²) in [5.74, 6) is -0.0964. The molecule has 2 unspecified atom stereocenters. The van der Waals surface area contributed by atoms with Crippen molar-refractivity contribution in [3.63, 3.8) is 0 Å². The molecule has 0 radical (unpaired) electrons. The van der Waals surface area contributed by atoms with Crippen LogP contribution in [-0.4, -0.2) is 23.3 Å². The van der Waals surface area contributed by atoms with Gasteiger partial charge >= 0.3 is 5.97 Å². The molecule has 2 atom stereocenters. The van der Waals surface area contributed by atoms with Crippen molar-refractivity contribution >= 4 is 12.2 Å². The monoisotopic (exact) mass is 261 g/mol. The van der Waals surface area contributed by atoms with E-state index in [-0.39, 0.29) is 5.92 Å². The van der Waals surface area contributed by atoms with Gasteiger partial charge in [0.25, 0.3) is 0 Å². The van der Waals surface area contributed by atoms with Gasteiger partial charge in [0.2, 0.25) is 0 Å². The molecule has 3 heteroatoms. The Kier molecular flexibility index (Phi) is 5.74. The minimum atomic E-state index is -0.885. The zero-order valence-corrected chi connectivity index (χ0v) is 12.1. The van der Waals surface area contributed by atoms with E-state index in [9.17, 15) is 4.79 Å². The van der Waals surface area contributed by atoms with Crippen molar-refractivity contribution in [2.75, 3.05) is 0 Å². The van der Waals surface area contributed by atoms with Crippen molar-refractivity contribution in [1.29, 1.82) is 0 Å². The van der Waals surface area contributed by atoms with Crippen LogP contribution < -0.4 is 0 Å². The van der Waals surface area contributed by atoms with Crippen LogP contribution in [-0.2, 0) is 11.2 Å². The Bertz CT molecular complexity index is 435. The fourth-order valence-electron chi connectivity index (χ4n) is 1.80. The number of hydrogen-bond acceptors (Lipinski definition) is 2. The summed E-state index contributed by atoms with van der Waals surface area (Å²) in [5.41, 5.74) is 2.59. The summed E-state index contributed by atoms with van der Waals surface area (Å²) in [5, 5.41) is 8.75. The predicted molar refractivity (Wildman–Crippen MR) is 79.0 cm³/mol. The lowest BCUT2D eigenvalue weighted by molar-refractivity contribution is -0.137. The third kappa shape index (κ3) is 5.25. The molecule has 0 heterocycles. The molecule has 0 saturated carbocycles. The van der Waals surface area contributed by atoms with E-state index in [0.29, 0.717) is 5.92 Å². The van der Waals surface area contributed by atoms with E-state index in [1.54, 1.807) is 13.1 Å². The maximum atomic E-state index is 10.7. The Morgan fingerprint density at radius 3 is 2.26 bits per heavy atom. The van der Waals surface area contributed by atoms with Crippen molar-refractivity contribution in [2.24, 2.45) is 10.9 Å². The first kappa shape index (κ1) is 15.4. The number of benzene rings is 1. The molecule has 0 aliphatic heterocycles. The first-order valence-corrected chi connectivity index (χ1v) is 6.75. The summed E-state index contributed by atoms with van der Waals surface area (Å²) in [6, 6.07) is 7.93. The van der Waals surface area contributed by atoms with E-state index in [4.69, 9.17) is 5.11 Å². The van der Waals surface area contributed by atoms with Crippen LogP contribution in [0.4, 0.5) is 0 Å². The van der Waals surface area contributed by atoms with Crippen molar-refractivity contribution in [3.8, 4) is 0 Å². The summed E-state index contributed by atoms with van der Waals surface area (Å²) in [6.45, 7) is 7.99. The van der Waals surface area contributed by atoms with Crippen LogP contribution in [0.5, 0.6) is 0 Å². The molecule has 1 aromatic carbocycles. The summed E-state index contributed by atoms with van der Waals surface area (Å²) in [7, 11) is 0. The van der Waals surface area contributed by atoms with Crippen LogP contribution in [0, 0.1) is 5.92 Å². The molecule has 1 aromatic rings. The number of aliphatic carboxylic acids is 1. The van der Waals surface area contributed by atoms with Gasteiger partial charge < -0.3 is 5.11 Å². The van der Waals surface area contributed by atoms with Crippen LogP contribution in [0.25, 0.3) is 0 Å². The van der Waals surface area contributed by atoms with E-state index in [1.165, 1.54) is 11.1 Å². The Labute approximate surface area is 115 Å². The van der Waals surface area contributed by atoms with E-state index < -0.39 is 12.0 Å². The fraction of sp³-hybridized carbons (Fsp3) is 0.500. The molecule has 0 saturated heterocycles. The Hall–Kier alpha value is -1.64. The minimum Gasteiger partial charge on any atom is -0.480 e. The summed E-state index contributed by atoms with van der Waals surface area (Å²) >= 11 is 0. The standard InChI is InChI=1S/C16H23NO2/c1-11(2)15-7-5-14(6-8-15)9-12(3)10-17-13(4)16(18)19/h5-8,10-13H,9H2,1-4H3,(H,18,19). The maximum Gasteiger partial charge on any atom is 0.328 e. The van der Waals surface area contributed by atoms with Gasteiger partial charge in [0.15, 0.2) is 0 Å². The highest BCUT2D eigenvalue weighted by Crippen LogP contribution is 2.16. The Morgan fingerprint density at radius 2 is 1.79 bits per heavy atom. The second kappa shape index (κ2) is 7.07. The Balaban J connectivity index is 2.57. The zero-order valence-electron chi connectivity index (χ0n) is 12.1. The molecular formula is C16H23NO2. The molecule has 0 aliphatic rings. The molecule has 0 aromatic heterocycles. The van der Waals surface area contributed by atoms with Crippen molar-refractivity contribution in [2.45, 2.75) is 46.1 Å². The normalized spacial score (nSPS) is 14.8. The van der Waals surface area contributed by atoms with Gasteiger partial charge in [-0.1, -0.05) is 45.0 Å². The Morgan fingerprint density at radius 1 is 1.21 bits per heavy atom. The first-order valence-electron chi connectivity index (χ1n) is 6.75. The molecule has 19 heavy (non-hydrogen) atoms. The number of hydrogen-bond donors (Lipinski definition) is 1. The smallest absolute Gasteiger partial charge is 0.328 e. The largest absolute Gasteiger partial charge is 0.480 e. The molecule has 3 nitrogen and oxygen atoms in total. The van der Waals surface area contributed by atoms with Crippen molar-refractivity contribution in [1.82, 2.24) is 0 Å². The predicted octanol–water partition coefficient (Wildman–Crippen LogP) is 3.53. The van der Waals surface area contributed by atoms with Crippen LogP contribution >= 0.6 is 0 Å². The quantitative estimate of drug-likeness (QED) is 0.796. The number of carbonyl (C=O) groups is 1. The lowest BCUT2D eigenvalue weighted by Gasteiger charge is -2.09. The topological polar surface area (TPSA) is 49.7 Å². The van der Waals surface area contributed by atoms with Gasteiger partial charge in [-0.2, -0.15) is 0 Å². The van der Waals surface area contributed by atoms with E-state index in [2.05, 4.69) is 50.0 Å². The highest BCUT2D eigenvalue weighted by molar-refractivity contribution is 5.75. The number of rotatable bonds is 6. The molecule has 0 fully saturated rings. The highest BCUT2D eigenvalue weighted by atomic mass is 16.4. The molecule has 0 bridgehead atoms. The van der Waals surface area contributed by atoms with Gasteiger partial charge in [0.05, 0.1) is 0 Å². The van der Waals surface area contributed by atoms with Crippen molar-refractivity contribution < 1.29 is 9.90 Å². The van der Waals surface area contributed by atoms with Crippen LogP contribution in [0.15, 0.2) is 29.3 Å². The summed E-state index contributed by atoms with van der Waals surface area (Å²) in [6.07, 6.45) is 2.63. The summed E-state index contributed by atoms with van der Waals surface area (Å²) < 4.78 is 0. The first-order chi connectivity index (χ1) is 8.90. The average Bonchev–Trinajstić information content (AvgIpc) is 2.36. The van der Waals surface area contributed by atoms with Crippen LogP contribution in [0.2, 0.25) is 0 Å². The molecular weight excluding hydrogens is 238 g/mol. The third-order valence-corrected chi connectivity index (χ3v) is 3.13. The average molecular weight is 261 g/mol. The molecule has 104 valence electrons. The number of carboxylic acid groups (broad SMARTS) is 1. The van der Waals surface area contributed by atoms with Gasteiger partial charge in [-0.25, -0.2) is 4.79 Å². The lowest BCUT2D eigenvalue weighted by atomic mass is 9.97.